The Morgan fingerprint density at radius 3 is 2.63 bits per heavy atom. The van der Waals surface area contributed by atoms with Crippen LogP contribution in [0.25, 0.3) is 0 Å². The van der Waals surface area contributed by atoms with Crippen LogP contribution in [0, 0.1) is 5.92 Å². The molecule has 0 radical (unpaired) electrons. The van der Waals surface area contributed by atoms with Crippen LogP contribution in [0.4, 0.5) is 0 Å². The Morgan fingerprint density at radius 2 is 1.95 bits per heavy atom. The molecule has 2 N–H and O–H groups in total. The summed E-state index contributed by atoms with van der Waals surface area (Å²) in [5.41, 5.74) is 5.27. The molecule has 1 aliphatic carbocycles. The third-order valence-corrected chi connectivity index (χ3v) is 3.59. The van der Waals surface area contributed by atoms with Gasteiger partial charge in [-0.2, -0.15) is 0 Å². The molecule has 0 saturated heterocycles. The van der Waals surface area contributed by atoms with Gasteiger partial charge in [-0.05, 0) is 37.0 Å². The van der Waals surface area contributed by atoms with Gasteiger partial charge in [0.25, 0.3) is 5.91 Å². The summed E-state index contributed by atoms with van der Waals surface area (Å²) >= 11 is 5.80. The van der Waals surface area contributed by atoms with E-state index < -0.39 is 0 Å². The van der Waals surface area contributed by atoms with Gasteiger partial charge in [-0.25, -0.2) is 0 Å². The van der Waals surface area contributed by atoms with Gasteiger partial charge in [-0.15, -0.1) is 0 Å². The minimum atomic E-state index is -0.359. The zero-order chi connectivity index (χ0) is 13.7. The fourth-order valence-electron chi connectivity index (χ4n) is 2.36. The van der Waals surface area contributed by atoms with Crippen molar-refractivity contribution in [1.29, 1.82) is 0 Å². The molecule has 1 aromatic carbocycles. The number of hydrazine groups is 1. The van der Waals surface area contributed by atoms with Crippen LogP contribution in [0.3, 0.4) is 0 Å². The molecular weight excluding hydrogens is 264 g/mol. The highest BCUT2D eigenvalue weighted by Gasteiger charge is 2.18. The summed E-state index contributed by atoms with van der Waals surface area (Å²) in [6.07, 6.45) is 5.10. The summed E-state index contributed by atoms with van der Waals surface area (Å²) in [7, 11) is 0. The molecule has 5 heteroatoms. The van der Waals surface area contributed by atoms with E-state index >= 15 is 0 Å². The van der Waals surface area contributed by atoms with Crippen LogP contribution in [-0.2, 0) is 4.79 Å². The zero-order valence-corrected chi connectivity index (χ0v) is 11.4. The lowest BCUT2D eigenvalue weighted by Crippen LogP contribution is -2.42. The zero-order valence-electron chi connectivity index (χ0n) is 10.6. The molecule has 0 heterocycles. The number of nitrogens with one attached hydrogen (secondary N) is 2. The van der Waals surface area contributed by atoms with E-state index in [0.717, 1.165) is 12.8 Å². The Labute approximate surface area is 117 Å². The number of rotatable bonds is 3. The number of hydrogen-bond donors (Lipinski definition) is 2. The van der Waals surface area contributed by atoms with Crippen molar-refractivity contribution in [1.82, 2.24) is 10.9 Å². The topological polar surface area (TPSA) is 58.2 Å². The van der Waals surface area contributed by atoms with Crippen molar-refractivity contribution in [3.05, 3.63) is 34.9 Å². The van der Waals surface area contributed by atoms with Crippen molar-refractivity contribution >= 4 is 23.4 Å². The van der Waals surface area contributed by atoms with Crippen molar-refractivity contribution in [2.24, 2.45) is 5.92 Å². The lowest BCUT2D eigenvalue weighted by molar-refractivity contribution is -0.122. The van der Waals surface area contributed by atoms with Crippen LogP contribution >= 0.6 is 11.6 Å². The van der Waals surface area contributed by atoms with Gasteiger partial charge in [-0.3, -0.25) is 20.4 Å². The highest BCUT2D eigenvalue weighted by atomic mass is 35.5. The van der Waals surface area contributed by atoms with Crippen LogP contribution in [0.1, 0.15) is 42.5 Å². The minimum absolute atomic E-state index is 0.137. The summed E-state index contributed by atoms with van der Waals surface area (Å²) in [5.74, 6) is -0.0346. The first-order chi connectivity index (χ1) is 9.15. The molecule has 1 aliphatic rings. The maximum atomic E-state index is 11.8. The van der Waals surface area contributed by atoms with Gasteiger partial charge in [0.2, 0.25) is 5.91 Å². The predicted octanol–water partition coefficient (Wildman–Crippen LogP) is 2.68. The van der Waals surface area contributed by atoms with E-state index in [0.29, 0.717) is 22.9 Å². The predicted molar refractivity (Wildman–Crippen MR) is 73.6 cm³/mol. The second-order valence-corrected chi connectivity index (χ2v) is 5.30. The van der Waals surface area contributed by atoms with E-state index in [9.17, 15) is 9.59 Å². The molecule has 2 amide bonds. The average molecular weight is 281 g/mol. The van der Waals surface area contributed by atoms with Crippen molar-refractivity contribution in [3.8, 4) is 0 Å². The Bertz CT molecular complexity index is 470. The maximum absolute atomic E-state index is 11.8. The van der Waals surface area contributed by atoms with Crippen LogP contribution < -0.4 is 10.9 Å². The quantitative estimate of drug-likeness (QED) is 0.837. The van der Waals surface area contributed by atoms with Gasteiger partial charge in [-0.1, -0.05) is 30.5 Å². The second kappa shape index (κ2) is 6.57. The summed E-state index contributed by atoms with van der Waals surface area (Å²) in [6, 6.07) is 6.58. The van der Waals surface area contributed by atoms with E-state index in [2.05, 4.69) is 10.9 Å². The van der Waals surface area contributed by atoms with Gasteiger partial charge < -0.3 is 0 Å². The molecule has 19 heavy (non-hydrogen) atoms. The molecular formula is C14H17ClN2O2. The van der Waals surface area contributed by atoms with Gasteiger partial charge in [0.15, 0.2) is 0 Å². The van der Waals surface area contributed by atoms with E-state index in [1.54, 1.807) is 24.3 Å². The molecule has 2 rings (SSSR count). The minimum Gasteiger partial charge on any atom is -0.273 e. The van der Waals surface area contributed by atoms with Gasteiger partial charge >= 0.3 is 0 Å². The second-order valence-electron chi connectivity index (χ2n) is 4.87. The van der Waals surface area contributed by atoms with Crippen molar-refractivity contribution < 1.29 is 9.59 Å². The van der Waals surface area contributed by atoms with Crippen molar-refractivity contribution in [2.75, 3.05) is 0 Å². The Hall–Kier alpha value is -1.55. The molecule has 0 aliphatic heterocycles. The summed E-state index contributed by atoms with van der Waals surface area (Å²) in [5, 5.41) is 0.491. The smallest absolute Gasteiger partial charge is 0.269 e. The molecule has 0 unspecified atom stereocenters. The Morgan fingerprint density at radius 1 is 1.21 bits per heavy atom. The first-order valence-corrected chi connectivity index (χ1v) is 6.87. The molecule has 1 fully saturated rings. The van der Waals surface area contributed by atoms with Crippen LogP contribution in [0.5, 0.6) is 0 Å². The van der Waals surface area contributed by atoms with E-state index in [1.165, 1.54) is 12.8 Å². The fourth-order valence-corrected chi connectivity index (χ4v) is 2.55. The number of hydrogen-bond acceptors (Lipinski definition) is 2. The van der Waals surface area contributed by atoms with E-state index in [1.807, 2.05) is 0 Å². The third-order valence-electron chi connectivity index (χ3n) is 3.35. The molecule has 4 nitrogen and oxygen atoms in total. The number of benzene rings is 1. The summed E-state index contributed by atoms with van der Waals surface area (Å²) in [4.78, 5) is 23.4. The number of halogens is 1. The average Bonchev–Trinajstić information content (AvgIpc) is 2.88. The molecule has 0 atom stereocenters. The van der Waals surface area contributed by atoms with Crippen LogP contribution in [-0.4, -0.2) is 11.8 Å². The lowest BCUT2D eigenvalue weighted by atomic mass is 10.0. The summed E-state index contributed by atoms with van der Waals surface area (Å²) in [6.45, 7) is 0. The Balaban J connectivity index is 1.78. The summed E-state index contributed by atoms with van der Waals surface area (Å²) < 4.78 is 0. The molecule has 0 spiro atoms. The van der Waals surface area contributed by atoms with Crippen LogP contribution in [0.2, 0.25) is 5.02 Å². The Kier molecular flexibility index (Phi) is 4.80. The SMILES string of the molecule is O=C(CC1CCCC1)NNC(=O)c1cccc(Cl)c1. The van der Waals surface area contributed by atoms with Gasteiger partial charge in [0.1, 0.15) is 0 Å². The molecule has 1 saturated carbocycles. The number of carbonyl (C=O) groups excluding carboxylic acids is 2. The van der Waals surface area contributed by atoms with Crippen LogP contribution in [0.15, 0.2) is 24.3 Å². The highest BCUT2D eigenvalue weighted by Crippen LogP contribution is 2.27. The normalized spacial score (nSPS) is 15.2. The fraction of sp³-hybridized carbons (Fsp3) is 0.429. The molecule has 0 aromatic heterocycles. The maximum Gasteiger partial charge on any atom is 0.269 e. The molecule has 0 bridgehead atoms. The van der Waals surface area contributed by atoms with Gasteiger partial charge in [0, 0.05) is 17.0 Å². The highest BCUT2D eigenvalue weighted by molar-refractivity contribution is 6.30. The van der Waals surface area contributed by atoms with Gasteiger partial charge in [0.05, 0.1) is 0 Å². The molecule has 102 valence electrons. The van der Waals surface area contributed by atoms with E-state index in [4.69, 9.17) is 11.6 Å². The molecule has 1 aromatic rings. The largest absolute Gasteiger partial charge is 0.273 e. The van der Waals surface area contributed by atoms with Crippen molar-refractivity contribution in [2.45, 2.75) is 32.1 Å². The third kappa shape index (κ3) is 4.24. The lowest BCUT2D eigenvalue weighted by Gasteiger charge is -2.10. The number of amides is 2. The number of carbonyl (C=O) groups is 2. The first-order valence-electron chi connectivity index (χ1n) is 6.50. The first kappa shape index (κ1) is 13.9. The van der Waals surface area contributed by atoms with E-state index in [-0.39, 0.29) is 11.8 Å². The van der Waals surface area contributed by atoms with Crippen molar-refractivity contribution in [3.63, 3.8) is 0 Å². The standard InChI is InChI=1S/C14H17ClN2O2/c15-12-7-3-6-11(9-12)14(19)17-16-13(18)8-10-4-1-2-5-10/h3,6-7,9-10H,1-2,4-5,8H2,(H,16,18)(H,17,19). The monoisotopic (exact) mass is 280 g/mol.